The number of unbranched alkanes of at least 4 members (excludes halogenated alkanes) is 1. The first kappa shape index (κ1) is 9.96. The molecule has 0 heterocycles. The number of hydrogen-bond acceptors (Lipinski definition) is 3. The highest BCUT2D eigenvalue weighted by Crippen LogP contribution is 2.03. The maximum Gasteiger partial charge on any atom is 0.303 e. The second-order valence-corrected chi connectivity index (χ2v) is 2.37. The smallest absolute Gasteiger partial charge is 0.303 e. The number of carbonyl (C=O) groups is 1. The van der Waals surface area contributed by atoms with E-state index in [1.165, 1.54) is 6.92 Å². The average Bonchev–Trinajstić information content (AvgIpc) is 1.97. The molecule has 0 spiro atoms. The summed E-state index contributed by atoms with van der Waals surface area (Å²) in [5, 5.41) is 8.47. The van der Waals surface area contributed by atoms with Crippen LogP contribution in [0.15, 0.2) is 0 Å². The van der Waals surface area contributed by atoms with Gasteiger partial charge in [-0.05, 0) is 12.8 Å². The molecule has 0 aliphatic carbocycles. The zero-order chi connectivity index (χ0) is 8.69. The van der Waals surface area contributed by atoms with Crippen LogP contribution < -0.4 is 0 Å². The lowest BCUT2D eigenvalue weighted by atomic mass is 10.2. The first-order chi connectivity index (χ1) is 5.20. The van der Waals surface area contributed by atoms with Gasteiger partial charge >= 0.3 is 5.97 Å². The van der Waals surface area contributed by atoms with Crippen molar-refractivity contribution in [3.63, 3.8) is 0 Å². The highest BCUT2D eigenvalue weighted by Gasteiger charge is 2.08. The molecule has 1 atom stereocenters. The molecule has 0 unspecified atom stereocenters. The van der Waals surface area contributed by atoms with Crippen LogP contribution in [0.5, 0.6) is 0 Å². The van der Waals surface area contributed by atoms with E-state index in [2.05, 4.69) is 0 Å². The summed E-state index contributed by atoms with van der Waals surface area (Å²) in [6.07, 6.45) is 2.03. The molecule has 0 amide bonds. The molecular weight excluding hydrogens is 142 g/mol. The topological polar surface area (TPSA) is 50.1 Å². The van der Waals surface area contributed by atoms with E-state index in [1.54, 1.807) is 0 Å². The van der Waals surface area contributed by atoms with Crippen molar-refractivity contribution in [1.82, 2.24) is 0 Å². The molecule has 0 saturated carbocycles. The molecule has 3 nitrogen and oxygen atoms in total. The van der Waals surface area contributed by atoms with Crippen LogP contribution in [0, 0.1) is 11.3 Å². The average molecular weight is 155 g/mol. The van der Waals surface area contributed by atoms with Gasteiger partial charge in [-0.15, -0.1) is 0 Å². The Hall–Kier alpha value is -1.04. The predicted octanol–water partition coefficient (Wildman–Crippen LogP) is 1.63. The van der Waals surface area contributed by atoms with Gasteiger partial charge in [0.15, 0.2) is 6.10 Å². The van der Waals surface area contributed by atoms with Crippen LogP contribution in [-0.2, 0) is 9.53 Å². The molecule has 0 rings (SSSR count). The third-order valence-corrected chi connectivity index (χ3v) is 1.27. The molecule has 0 aromatic carbocycles. The summed E-state index contributed by atoms with van der Waals surface area (Å²) in [4.78, 5) is 10.4. The number of rotatable bonds is 4. The Bertz CT molecular complexity index is 160. The molecular formula is C8H13NO2. The van der Waals surface area contributed by atoms with Gasteiger partial charge in [-0.2, -0.15) is 5.26 Å². The summed E-state index contributed by atoms with van der Waals surface area (Å²) in [7, 11) is 0. The fraction of sp³-hybridized carbons (Fsp3) is 0.750. The van der Waals surface area contributed by atoms with Crippen LogP contribution in [0.3, 0.4) is 0 Å². The van der Waals surface area contributed by atoms with Crippen molar-refractivity contribution in [1.29, 1.82) is 5.26 Å². The van der Waals surface area contributed by atoms with Crippen molar-refractivity contribution in [2.24, 2.45) is 0 Å². The summed E-state index contributed by atoms with van der Waals surface area (Å²) >= 11 is 0. The molecule has 62 valence electrons. The number of carbonyl (C=O) groups excluding carboxylic acids is 1. The largest absolute Gasteiger partial charge is 0.447 e. The summed E-state index contributed by atoms with van der Waals surface area (Å²) in [5.74, 6) is -0.382. The Labute approximate surface area is 67.0 Å². The quantitative estimate of drug-likeness (QED) is 0.580. The molecule has 0 saturated heterocycles. The molecule has 0 radical (unpaired) electrons. The summed E-state index contributed by atoms with van der Waals surface area (Å²) in [6.45, 7) is 3.35. The zero-order valence-electron chi connectivity index (χ0n) is 6.96. The predicted molar refractivity (Wildman–Crippen MR) is 40.7 cm³/mol. The van der Waals surface area contributed by atoms with Crippen molar-refractivity contribution in [3.05, 3.63) is 0 Å². The lowest BCUT2D eigenvalue weighted by molar-refractivity contribution is -0.144. The SMILES string of the molecule is CCCC[C@@H](C#N)OC(C)=O. The number of hydrogen-bond donors (Lipinski definition) is 0. The van der Waals surface area contributed by atoms with E-state index in [0.717, 1.165) is 12.8 Å². The van der Waals surface area contributed by atoms with Crippen molar-refractivity contribution >= 4 is 5.97 Å². The van der Waals surface area contributed by atoms with Crippen LogP contribution >= 0.6 is 0 Å². The first-order valence-corrected chi connectivity index (χ1v) is 3.77. The maximum atomic E-state index is 10.4. The van der Waals surface area contributed by atoms with Gasteiger partial charge in [-0.3, -0.25) is 4.79 Å². The summed E-state index contributed by atoms with van der Waals surface area (Å²) in [5.41, 5.74) is 0. The summed E-state index contributed by atoms with van der Waals surface area (Å²) < 4.78 is 4.70. The highest BCUT2D eigenvalue weighted by atomic mass is 16.5. The fourth-order valence-corrected chi connectivity index (χ4v) is 0.740. The molecule has 0 aliphatic rings. The Balaban J connectivity index is 3.60. The first-order valence-electron chi connectivity index (χ1n) is 3.77. The third-order valence-electron chi connectivity index (χ3n) is 1.27. The molecule has 11 heavy (non-hydrogen) atoms. The third kappa shape index (κ3) is 5.41. The maximum absolute atomic E-state index is 10.4. The molecule has 0 aromatic rings. The highest BCUT2D eigenvalue weighted by molar-refractivity contribution is 5.66. The van der Waals surface area contributed by atoms with Gasteiger partial charge < -0.3 is 4.74 Å². The van der Waals surface area contributed by atoms with Crippen molar-refractivity contribution in [2.45, 2.75) is 39.2 Å². The molecule has 3 heteroatoms. The van der Waals surface area contributed by atoms with Gasteiger partial charge in [0, 0.05) is 6.92 Å². The Morgan fingerprint density at radius 3 is 2.73 bits per heavy atom. The minimum Gasteiger partial charge on any atom is -0.447 e. The van der Waals surface area contributed by atoms with Gasteiger partial charge in [0.25, 0.3) is 0 Å². The van der Waals surface area contributed by atoms with E-state index in [4.69, 9.17) is 10.00 Å². The molecule has 0 aliphatic heterocycles. The minimum absolute atomic E-state index is 0.382. The Morgan fingerprint density at radius 1 is 1.73 bits per heavy atom. The zero-order valence-corrected chi connectivity index (χ0v) is 6.96. The standard InChI is InChI=1S/C8H13NO2/c1-3-4-5-8(6-9)11-7(2)10/h8H,3-5H2,1-2H3/t8-/m0/s1. The van der Waals surface area contributed by atoms with E-state index in [9.17, 15) is 4.79 Å². The second kappa shape index (κ2) is 5.72. The van der Waals surface area contributed by atoms with Gasteiger partial charge in [0.2, 0.25) is 0 Å². The van der Waals surface area contributed by atoms with E-state index in [1.807, 2.05) is 13.0 Å². The van der Waals surface area contributed by atoms with Gasteiger partial charge in [0.05, 0.1) is 0 Å². The molecule has 0 bridgehead atoms. The van der Waals surface area contributed by atoms with E-state index in [-0.39, 0.29) is 5.97 Å². The number of ether oxygens (including phenoxy) is 1. The van der Waals surface area contributed by atoms with Gasteiger partial charge in [-0.25, -0.2) is 0 Å². The van der Waals surface area contributed by atoms with Crippen LogP contribution in [0.2, 0.25) is 0 Å². The van der Waals surface area contributed by atoms with Gasteiger partial charge in [-0.1, -0.05) is 13.3 Å². The van der Waals surface area contributed by atoms with E-state index >= 15 is 0 Å². The monoisotopic (exact) mass is 155 g/mol. The Morgan fingerprint density at radius 2 is 2.36 bits per heavy atom. The van der Waals surface area contributed by atoms with Crippen LogP contribution in [-0.4, -0.2) is 12.1 Å². The van der Waals surface area contributed by atoms with E-state index in [0.29, 0.717) is 6.42 Å². The minimum atomic E-state index is -0.549. The Kier molecular flexibility index (Phi) is 5.18. The number of esters is 1. The van der Waals surface area contributed by atoms with Crippen LogP contribution in [0.1, 0.15) is 33.1 Å². The van der Waals surface area contributed by atoms with Crippen molar-refractivity contribution < 1.29 is 9.53 Å². The number of nitrogens with zero attached hydrogens (tertiary/aromatic N) is 1. The normalized spacial score (nSPS) is 11.7. The number of nitriles is 1. The molecule has 0 N–H and O–H groups in total. The van der Waals surface area contributed by atoms with Crippen LogP contribution in [0.25, 0.3) is 0 Å². The van der Waals surface area contributed by atoms with Crippen molar-refractivity contribution in [2.75, 3.05) is 0 Å². The summed E-state index contributed by atoms with van der Waals surface area (Å²) in [6, 6.07) is 1.93. The molecule has 0 aromatic heterocycles. The lowest BCUT2D eigenvalue weighted by Gasteiger charge is -2.07. The fourth-order valence-electron chi connectivity index (χ4n) is 0.740. The van der Waals surface area contributed by atoms with Gasteiger partial charge in [0.1, 0.15) is 6.07 Å². The molecule has 0 fully saturated rings. The second-order valence-electron chi connectivity index (χ2n) is 2.37. The van der Waals surface area contributed by atoms with E-state index < -0.39 is 6.10 Å². The lowest BCUT2D eigenvalue weighted by Crippen LogP contribution is -2.13. The van der Waals surface area contributed by atoms with Crippen molar-refractivity contribution in [3.8, 4) is 6.07 Å². The van der Waals surface area contributed by atoms with Crippen LogP contribution in [0.4, 0.5) is 0 Å².